The van der Waals surface area contributed by atoms with E-state index >= 15 is 0 Å². The zero-order valence-corrected chi connectivity index (χ0v) is 19.1. The fraction of sp³-hybridized carbons (Fsp3) is 0.269. The van der Waals surface area contributed by atoms with Gasteiger partial charge in [0.25, 0.3) is 0 Å². The van der Waals surface area contributed by atoms with Crippen molar-refractivity contribution in [3.05, 3.63) is 72.1 Å². The Morgan fingerprint density at radius 3 is 2.28 bits per heavy atom. The highest BCUT2D eigenvalue weighted by molar-refractivity contribution is 5.84. The molecule has 32 heavy (non-hydrogen) atoms. The van der Waals surface area contributed by atoms with E-state index in [1.54, 1.807) is 0 Å². The highest BCUT2D eigenvalue weighted by Gasteiger charge is 2.20. The van der Waals surface area contributed by atoms with E-state index in [9.17, 15) is 5.26 Å². The van der Waals surface area contributed by atoms with Crippen LogP contribution in [0, 0.1) is 18.3 Å². The van der Waals surface area contributed by atoms with Crippen LogP contribution in [-0.2, 0) is 0 Å². The maximum atomic E-state index is 9.22. The first-order valence-corrected chi connectivity index (χ1v) is 10.8. The predicted molar refractivity (Wildman–Crippen MR) is 130 cm³/mol. The van der Waals surface area contributed by atoms with Gasteiger partial charge in [-0.15, -0.1) is 0 Å². The number of rotatable bonds is 7. The molecule has 0 spiro atoms. The topological polar surface area (TPSA) is 60.5 Å². The molecule has 6 nitrogen and oxygen atoms in total. The highest BCUT2D eigenvalue weighted by atomic mass is 15.2. The second-order valence-electron chi connectivity index (χ2n) is 8.39. The maximum Gasteiger partial charge on any atom is 0.180 e. The van der Waals surface area contributed by atoms with Gasteiger partial charge >= 0.3 is 0 Å². The molecule has 0 bridgehead atoms. The molecule has 0 N–H and O–H groups in total. The van der Waals surface area contributed by atoms with E-state index in [0.29, 0.717) is 5.56 Å². The second-order valence-corrected chi connectivity index (χ2v) is 8.39. The van der Waals surface area contributed by atoms with Gasteiger partial charge in [0.1, 0.15) is 0 Å². The van der Waals surface area contributed by atoms with Gasteiger partial charge in [0, 0.05) is 37.1 Å². The average molecular weight is 425 g/mol. The van der Waals surface area contributed by atoms with Gasteiger partial charge in [0.15, 0.2) is 11.5 Å². The third kappa shape index (κ3) is 4.34. The third-order valence-electron chi connectivity index (χ3n) is 5.60. The van der Waals surface area contributed by atoms with E-state index < -0.39 is 0 Å². The number of anilines is 1. The van der Waals surface area contributed by atoms with Gasteiger partial charge in [-0.25, -0.2) is 9.97 Å². The Kier molecular flexibility index (Phi) is 6.20. The maximum absolute atomic E-state index is 9.22. The van der Waals surface area contributed by atoms with E-state index in [0.717, 1.165) is 53.5 Å². The fourth-order valence-corrected chi connectivity index (χ4v) is 3.85. The van der Waals surface area contributed by atoms with Crippen molar-refractivity contribution in [1.82, 2.24) is 19.3 Å². The van der Waals surface area contributed by atoms with E-state index in [4.69, 9.17) is 4.98 Å². The summed E-state index contributed by atoms with van der Waals surface area (Å²) in [5, 5.41) is 9.22. The molecule has 0 aliphatic rings. The number of benzene rings is 2. The van der Waals surface area contributed by atoms with E-state index in [2.05, 4.69) is 77.6 Å². The van der Waals surface area contributed by atoms with Crippen LogP contribution in [0.2, 0.25) is 0 Å². The summed E-state index contributed by atoms with van der Waals surface area (Å²) in [7, 11) is 6.25. The average Bonchev–Trinajstić information content (AvgIpc) is 3.28. The van der Waals surface area contributed by atoms with Crippen LogP contribution in [0.3, 0.4) is 0 Å². The molecule has 6 heteroatoms. The van der Waals surface area contributed by atoms with E-state index in [1.807, 2.05) is 36.7 Å². The lowest BCUT2D eigenvalue weighted by atomic mass is 10.0. The number of fused-ring (bicyclic) bond motifs is 1. The fourth-order valence-electron chi connectivity index (χ4n) is 3.85. The van der Waals surface area contributed by atoms with Gasteiger partial charge < -0.3 is 9.80 Å². The van der Waals surface area contributed by atoms with Crippen molar-refractivity contribution in [3.63, 3.8) is 0 Å². The molecule has 0 fully saturated rings. The van der Waals surface area contributed by atoms with Crippen LogP contribution in [0.4, 0.5) is 5.82 Å². The van der Waals surface area contributed by atoms with Crippen molar-refractivity contribution >= 4 is 11.5 Å². The zero-order chi connectivity index (χ0) is 22.7. The first-order valence-electron chi connectivity index (χ1n) is 10.8. The molecule has 0 saturated carbocycles. The lowest BCUT2D eigenvalue weighted by Crippen LogP contribution is -2.25. The Balaban J connectivity index is 1.90. The molecule has 4 aromatic rings. The van der Waals surface area contributed by atoms with Crippen molar-refractivity contribution in [1.29, 1.82) is 5.26 Å². The molecular weight excluding hydrogens is 396 g/mol. The van der Waals surface area contributed by atoms with Crippen LogP contribution in [0.25, 0.3) is 28.2 Å². The zero-order valence-electron chi connectivity index (χ0n) is 19.1. The van der Waals surface area contributed by atoms with Crippen molar-refractivity contribution in [2.75, 3.05) is 39.1 Å². The predicted octanol–water partition coefficient (Wildman–Crippen LogP) is 4.63. The molecule has 2 heterocycles. The standard InChI is InChI=1S/C26H28N6/c1-19-6-10-22(11-7-19)24-23(21-12-8-20(18-27)9-13-21)29-26(25-28-14-17-32(24)25)31(4)16-5-15-30(2)3/h6-14,17H,5,15-16H2,1-4H3. The molecule has 0 unspecified atom stereocenters. The molecule has 162 valence electrons. The van der Waals surface area contributed by atoms with Crippen molar-refractivity contribution in [3.8, 4) is 28.6 Å². The Morgan fingerprint density at radius 2 is 1.62 bits per heavy atom. The number of aromatic nitrogens is 3. The van der Waals surface area contributed by atoms with Gasteiger partial charge in [-0.3, -0.25) is 4.40 Å². The molecule has 0 amide bonds. The molecular formula is C26H28N6. The first-order chi connectivity index (χ1) is 15.5. The summed E-state index contributed by atoms with van der Waals surface area (Å²) in [6.07, 6.45) is 4.86. The van der Waals surface area contributed by atoms with E-state index in [-0.39, 0.29) is 0 Å². The number of hydrogen-bond acceptors (Lipinski definition) is 5. The van der Waals surface area contributed by atoms with Gasteiger partial charge in [-0.1, -0.05) is 42.0 Å². The Bertz CT molecular complexity index is 1250. The lowest BCUT2D eigenvalue weighted by molar-refractivity contribution is 0.401. The van der Waals surface area contributed by atoms with Crippen molar-refractivity contribution in [2.24, 2.45) is 0 Å². The molecule has 0 aliphatic heterocycles. The number of hydrogen-bond donors (Lipinski definition) is 0. The Morgan fingerprint density at radius 1 is 0.938 bits per heavy atom. The van der Waals surface area contributed by atoms with Crippen LogP contribution < -0.4 is 4.90 Å². The molecule has 0 radical (unpaired) electrons. The highest BCUT2D eigenvalue weighted by Crippen LogP contribution is 2.35. The minimum atomic E-state index is 0.635. The van der Waals surface area contributed by atoms with Gasteiger partial charge in [-0.2, -0.15) is 5.26 Å². The van der Waals surface area contributed by atoms with Gasteiger partial charge in [0.2, 0.25) is 0 Å². The normalized spacial score (nSPS) is 11.1. The number of imidazole rings is 1. The van der Waals surface area contributed by atoms with Crippen LogP contribution >= 0.6 is 0 Å². The lowest BCUT2D eigenvalue weighted by Gasteiger charge is -2.23. The SMILES string of the molecule is Cc1ccc(-c2c(-c3ccc(C#N)cc3)nc(N(C)CCCN(C)C)c3nccn23)cc1. The van der Waals surface area contributed by atoms with Crippen molar-refractivity contribution in [2.45, 2.75) is 13.3 Å². The molecule has 2 aromatic heterocycles. The smallest absolute Gasteiger partial charge is 0.180 e. The summed E-state index contributed by atoms with van der Waals surface area (Å²) in [6, 6.07) is 18.3. The third-order valence-corrected chi connectivity index (χ3v) is 5.60. The molecule has 0 aliphatic carbocycles. The quantitative estimate of drug-likeness (QED) is 0.433. The molecule has 0 atom stereocenters. The van der Waals surface area contributed by atoms with Crippen LogP contribution in [0.15, 0.2) is 60.9 Å². The van der Waals surface area contributed by atoms with Crippen LogP contribution in [-0.4, -0.2) is 53.5 Å². The summed E-state index contributed by atoms with van der Waals surface area (Å²) in [6.45, 7) is 3.98. The molecule has 4 rings (SSSR count). The number of aryl methyl sites for hydroxylation is 1. The number of nitriles is 1. The van der Waals surface area contributed by atoms with Crippen molar-refractivity contribution < 1.29 is 0 Å². The second kappa shape index (κ2) is 9.21. The Labute approximate surface area is 189 Å². The van der Waals surface area contributed by atoms with E-state index in [1.165, 1.54) is 5.56 Å². The molecule has 0 saturated heterocycles. The van der Waals surface area contributed by atoms with Gasteiger partial charge in [0.05, 0.1) is 23.0 Å². The summed E-state index contributed by atoms with van der Waals surface area (Å²) in [4.78, 5) is 14.2. The Hall–Kier alpha value is -3.69. The summed E-state index contributed by atoms with van der Waals surface area (Å²) in [5.41, 5.74) is 6.60. The summed E-state index contributed by atoms with van der Waals surface area (Å²) in [5.74, 6) is 0.851. The van der Waals surface area contributed by atoms with Gasteiger partial charge in [-0.05, 0) is 46.1 Å². The first kappa shape index (κ1) is 21.5. The van der Waals surface area contributed by atoms with Crippen LogP contribution in [0.5, 0.6) is 0 Å². The summed E-state index contributed by atoms with van der Waals surface area (Å²) < 4.78 is 2.13. The minimum Gasteiger partial charge on any atom is -0.357 e. The monoisotopic (exact) mass is 424 g/mol. The summed E-state index contributed by atoms with van der Waals surface area (Å²) >= 11 is 0. The number of nitrogens with zero attached hydrogens (tertiary/aromatic N) is 6. The van der Waals surface area contributed by atoms with Crippen LogP contribution in [0.1, 0.15) is 17.5 Å². The minimum absolute atomic E-state index is 0.635. The largest absolute Gasteiger partial charge is 0.357 e. The molecule has 2 aromatic carbocycles.